The van der Waals surface area contributed by atoms with E-state index >= 15 is 0 Å². The van der Waals surface area contributed by atoms with Gasteiger partial charge in [-0.25, -0.2) is 0 Å². The molecule has 1 saturated carbocycles. The van der Waals surface area contributed by atoms with Crippen LogP contribution in [0.25, 0.3) is 11.1 Å². The quantitative estimate of drug-likeness (QED) is 0.844. The summed E-state index contributed by atoms with van der Waals surface area (Å²) in [4.78, 5) is 21.7. The highest BCUT2D eigenvalue weighted by atomic mass is 16.4. The number of piperidine rings is 1. The van der Waals surface area contributed by atoms with Gasteiger partial charge >= 0.3 is 0 Å². The van der Waals surface area contributed by atoms with Gasteiger partial charge < -0.3 is 14.2 Å². The Labute approximate surface area is 154 Å². The topological polar surface area (TPSA) is 49.6 Å². The smallest absolute Gasteiger partial charge is 0.298 e. The van der Waals surface area contributed by atoms with Crippen molar-refractivity contribution in [2.45, 2.75) is 38.5 Å². The lowest BCUT2D eigenvalue weighted by molar-refractivity contribution is -0.131. The van der Waals surface area contributed by atoms with Crippen molar-refractivity contribution in [2.24, 2.45) is 17.8 Å². The maximum absolute atomic E-state index is 12.7. The number of carbonyl (C=O) groups is 1. The number of nitrogens with zero attached hydrogens (tertiary/aromatic N) is 3. The summed E-state index contributed by atoms with van der Waals surface area (Å²) < 4.78 is 5.89. The van der Waals surface area contributed by atoms with Gasteiger partial charge in [-0.2, -0.15) is 4.98 Å². The van der Waals surface area contributed by atoms with E-state index in [1.165, 1.54) is 19.3 Å². The van der Waals surface area contributed by atoms with Gasteiger partial charge in [-0.1, -0.05) is 18.6 Å². The van der Waals surface area contributed by atoms with Crippen LogP contribution in [0.15, 0.2) is 28.7 Å². The molecule has 2 unspecified atom stereocenters. The van der Waals surface area contributed by atoms with Crippen LogP contribution in [0.5, 0.6) is 0 Å². The molecule has 0 radical (unpaired) electrons. The van der Waals surface area contributed by atoms with E-state index in [1.54, 1.807) is 0 Å². The van der Waals surface area contributed by atoms with Crippen molar-refractivity contribution in [3.05, 3.63) is 24.3 Å². The molecule has 138 valence electrons. The predicted octanol–water partition coefficient (Wildman–Crippen LogP) is 3.69. The molecule has 2 saturated heterocycles. The van der Waals surface area contributed by atoms with Crippen molar-refractivity contribution in [1.82, 2.24) is 9.88 Å². The zero-order chi connectivity index (χ0) is 17.5. The number of anilines is 1. The second-order valence-electron chi connectivity index (χ2n) is 8.35. The minimum Gasteiger partial charge on any atom is -0.423 e. The molecule has 5 nitrogen and oxygen atoms in total. The number of hydrogen-bond donors (Lipinski definition) is 0. The first-order chi connectivity index (χ1) is 12.8. The van der Waals surface area contributed by atoms with E-state index in [0.29, 0.717) is 11.8 Å². The van der Waals surface area contributed by atoms with Crippen LogP contribution in [0.2, 0.25) is 0 Å². The molecule has 2 atom stereocenters. The second-order valence-corrected chi connectivity index (χ2v) is 8.35. The third kappa shape index (κ3) is 2.97. The molecule has 3 heterocycles. The van der Waals surface area contributed by atoms with Crippen LogP contribution in [0.1, 0.15) is 38.5 Å². The molecular weight excluding hydrogens is 326 g/mol. The summed E-state index contributed by atoms with van der Waals surface area (Å²) >= 11 is 0. The molecule has 0 bridgehead atoms. The first-order valence-corrected chi connectivity index (χ1v) is 10.1. The molecule has 5 rings (SSSR count). The first-order valence-electron chi connectivity index (χ1n) is 10.1. The van der Waals surface area contributed by atoms with Crippen molar-refractivity contribution in [2.75, 3.05) is 31.1 Å². The number of rotatable bonds is 3. The lowest BCUT2D eigenvalue weighted by Gasteiger charge is -2.31. The number of benzene rings is 1. The Kier molecular flexibility index (Phi) is 4.10. The summed E-state index contributed by atoms with van der Waals surface area (Å²) in [5, 5.41) is 0. The van der Waals surface area contributed by atoms with Crippen molar-refractivity contribution < 1.29 is 9.21 Å². The summed E-state index contributed by atoms with van der Waals surface area (Å²) in [5.41, 5.74) is 1.76. The van der Waals surface area contributed by atoms with Gasteiger partial charge in [0.2, 0.25) is 5.91 Å². The normalized spacial score (nSPS) is 26.6. The summed E-state index contributed by atoms with van der Waals surface area (Å²) in [6.07, 6.45) is 6.84. The minimum atomic E-state index is 0.389. The molecule has 5 heteroatoms. The number of oxazole rings is 1. The third-order valence-electron chi connectivity index (χ3n) is 6.71. The zero-order valence-electron chi connectivity index (χ0n) is 15.3. The van der Waals surface area contributed by atoms with Crippen LogP contribution in [0, 0.1) is 17.8 Å². The molecule has 1 aromatic heterocycles. The van der Waals surface area contributed by atoms with Crippen LogP contribution in [-0.4, -0.2) is 42.0 Å². The lowest BCUT2D eigenvalue weighted by atomic mass is 9.93. The Bertz CT molecular complexity index is 748. The van der Waals surface area contributed by atoms with Gasteiger partial charge in [0, 0.05) is 32.6 Å². The summed E-state index contributed by atoms with van der Waals surface area (Å²) in [5.74, 6) is 2.48. The summed E-state index contributed by atoms with van der Waals surface area (Å²) in [7, 11) is 0. The van der Waals surface area contributed by atoms with E-state index in [1.807, 2.05) is 24.3 Å². The maximum atomic E-state index is 12.7. The Balaban J connectivity index is 1.15. The standard InChI is InChI=1S/C21H27N3O2/c25-20(24-13-16-4-3-5-17(16)14-24)12-15-8-10-23(11-9-15)21-22-18-6-1-2-7-19(18)26-21/h1-2,6-7,15-17H,3-5,8-14H2. The number of likely N-dealkylation sites (tertiary alicyclic amines) is 1. The Morgan fingerprint density at radius 1 is 1.08 bits per heavy atom. The Morgan fingerprint density at radius 2 is 1.81 bits per heavy atom. The maximum Gasteiger partial charge on any atom is 0.298 e. The summed E-state index contributed by atoms with van der Waals surface area (Å²) in [6.45, 7) is 3.89. The number of fused-ring (bicyclic) bond motifs is 2. The largest absolute Gasteiger partial charge is 0.423 e. The Morgan fingerprint density at radius 3 is 2.54 bits per heavy atom. The predicted molar refractivity (Wildman–Crippen MR) is 101 cm³/mol. The molecule has 1 amide bonds. The first kappa shape index (κ1) is 16.2. The monoisotopic (exact) mass is 353 g/mol. The number of amides is 1. The molecule has 0 N–H and O–H groups in total. The van der Waals surface area contributed by atoms with Crippen LogP contribution < -0.4 is 4.90 Å². The van der Waals surface area contributed by atoms with E-state index in [2.05, 4.69) is 14.8 Å². The number of para-hydroxylation sites is 2. The molecule has 26 heavy (non-hydrogen) atoms. The van der Waals surface area contributed by atoms with Crippen molar-refractivity contribution in [1.29, 1.82) is 0 Å². The van der Waals surface area contributed by atoms with Crippen LogP contribution >= 0.6 is 0 Å². The van der Waals surface area contributed by atoms with Crippen molar-refractivity contribution in [3.63, 3.8) is 0 Å². The van der Waals surface area contributed by atoms with Gasteiger partial charge in [-0.3, -0.25) is 4.79 Å². The van der Waals surface area contributed by atoms with Gasteiger partial charge in [0.05, 0.1) is 0 Å². The average molecular weight is 353 g/mol. The fraction of sp³-hybridized carbons (Fsp3) is 0.619. The fourth-order valence-electron chi connectivity index (χ4n) is 5.14. The SMILES string of the molecule is O=C(CC1CCN(c2nc3ccccc3o2)CC1)N1CC2CCCC2C1. The van der Waals surface area contributed by atoms with Gasteiger partial charge in [0.1, 0.15) is 5.52 Å². The number of hydrogen-bond acceptors (Lipinski definition) is 4. The van der Waals surface area contributed by atoms with E-state index in [0.717, 1.165) is 74.4 Å². The highest BCUT2D eigenvalue weighted by Crippen LogP contribution is 2.38. The molecule has 1 aliphatic carbocycles. The average Bonchev–Trinajstić information content (AvgIpc) is 3.36. The zero-order valence-corrected chi connectivity index (χ0v) is 15.3. The highest BCUT2D eigenvalue weighted by molar-refractivity contribution is 5.77. The molecule has 1 aromatic carbocycles. The number of aromatic nitrogens is 1. The fourth-order valence-corrected chi connectivity index (χ4v) is 5.14. The van der Waals surface area contributed by atoms with Gasteiger partial charge in [0.15, 0.2) is 5.58 Å². The van der Waals surface area contributed by atoms with Gasteiger partial charge in [-0.15, -0.1) is 0 Å². The van der Waals surface area contributed by atoms with Gasteiger partial charge in [-0.05, 0) is 55.6 Å². The van der Waals surface area contributed by atoms with Crippen LogP contribution in [0.4, 0.5) is 6.01 Å². The van der Waals surface area contributed by atoms with Crippen LogP contribution in [0.3, 0.4) is 0 Å². The lowest BCUT2D eigenvalue weighted by Crippen LogP contribution is -2.37. The van der Waals surface area contributed by atoms with E-state index in [4.69, 9.17) is 4.42 Å². The molecule has 2 aromatic rings. The summed E-state index contributed by atoms with van der Waals surface area (Å²) in [6, 6.07) is 8.63. The molecule has 3 fully saturated rings. The van der Waals surface area contributed by atoms with Crippen molar-refractivity contribution >= 4 is 23.0 Å². The van der Waals surface area contributed by atoms with Crippen LogP contribution in [-0.2, 0) is 4.79 Å². The molecule has 3 aliphatic rings. The van der Waals surface area contributed by atoms with Gasteiger partial charge in [0.25, 0.3) is 6.01 Å². The van der Waals surface area contributed by atoms with E-state index < -0.39 is 0 Å². The third-order valence-corrected chi connectivity index (χ3v) is 6.71. The molecule has 2 aliphatic heterocycles. The Hall–Kier alpha value is -2.04. The molecular formula is C21H27N3O2. The van der Waals surface area contributed by atoms with E-state index in [-0.39, 0.29) is 0 Å². The second kappa shape index (κ2) is 6.60. The minimum absolute atomic E-state index is 0.389. The number of carbonyl (C=O) groups excluding carboxylic acids is 1. The van der Waals surface area contributed by atoms with Crippen molar-refractivity contribution in [3.8, 4) is 0 Å². The molecule has 0 spiro atoms. The highest BCUT2D eigenvalue weighted by Gasteiger charge is 2.38. The van der Waals surface area contributed by atoms with E-state index in [9.17, 15) is 4.79 Å².